The van der Waals surface area contributed by atoms with Crippen LogP contribution in [0.4, 0.5) is 0 Å². The molecule has 13 heavy (non-hydrogen) atoms. The van der Waals surface area contributed by atoms with E-state index in [0.29, 0.717) is 13.1 Å². The van der Waals surface area contributed by atoms with Gasteiger partial charge in [0.2, 0.25) is 0 Å². The lowest BCUT2D eigenvalue weighted by molar-refractivity contribution is -0.142. The molecule has 0 amide bonds. The summed E-state index contributed by atoms with van der Waals surface area (Å²) in [6, 6.07) is -0.560. The smallest absolute Gasteiger partial charge is 0.320 e. The second-order valence-corrected chi connectivity index (χ2v) is 3.31. The average Bonchev–Trinajstić information content (AvgIpc) is 2.45. The van der Waals surface area contributed by atoms with Crippen molar-refractivity contribution in [2.45, 2.75) is 25.2 Å². The lowest BCUT2D eigenvalue weighted by atomic mass is 10.3. The highest BCUT2D eigenvalue weighted by atomic mass is 16.5. The number of carbonyl (C=O) groups is 1. The van der Waals surface area contributed by atoms with Gasteiger partial charge in [-0.15, -0.1) is 0 Å². The second kappa shape index (κ2) is 4.04. The number of likely N-dealkylation sites (tertiary alicyclic amines) is 1. The molecule has 3 atom stereocenters. The van der Waals surface area contributed by atoms with E-state index >= 15 is 0 Å². The molecule has 1 rings (SSSR count). The summed E-state index contributed by atoms with van der Waals surface area (Å²) >= 11 is 0. The van der Waals surface area contributed by atoms with Crippen LogP contribution in [0, 0.1) is 0 Å². The van der Waals surface area contributed by atoms with E-state index in [2.05, 4.69) is 0 Å². The summed E-state index contributed by atoms with van der Waals surface area (Å²) in [4.78, 5) is 12.3. The van der Waals surface area contributed by atoms with Gasteiger partial charge in [-0.25, -0.2) is 0 Å². The predicted octanol–water partition coefficient (Wildman–Crippen LogP) is -0.849. The Morgan fingerprint density at radius 3 is 2.62 bits per heavy atom. The van der Waals surface area contributed by atoms with E-state index in [0.717, 1.165) is 0 Å². The molecule has 5 nitrogen and oxygen atoms in total. The third kappa shape index (κ3) is 2.18. The van der Waals surface area contributed by atoms with E-state index in [9.17, 15) is 9.90 Å². The van der Waals surface area contributed by atoms with Crippen molar-refractivity contribution in [3.8, 4) is 0 Å². The van der Waals surface area contributed by atoms with E-state index < -0.39 is 18.1 Å². The zero-order chi connectivity index (χ0) is 10.0. The quantitative estimate of drug-likeness (QED) is 0.605. The molecule has 1 heterocycles. The molecule has 76 valence electrons. The summed E-state index contributed by atoms with van der Waals surface area (Å²) < 4.78 is 5.00. The van der Waals surface area contributed by atoms with Crippen molar-refractivity contribution in [3.63, 3.8) is 0 Å². The largest absolute Gasteiger partial charge is 0.480 e. The van der Waals surface area contributed by atoms with E-state index in [1.165, 1.54) is 7.11 Å². The topological polar surface area (TPSA) is 70.0 Å². The molecule has 0 aromatic heterocycles. The lowest BCUT2D eigenvalue weighted by Gasteiger charge is -2.19. The Balaban J connectivity index is 2.52. The molecule has 0 saturated carbocycles. The van der Waals surface area contributed by atoms with Crippen molar-refractivity contribution in [1.82, 2.24) is 4.90 Å². The number of hydrogen-bond acceptors (Lipinski definition) is 4. The number of aliphatic hydroxyl groups is 1. The molecule has 5 heteroatoms. The van der Waals surface area contributed by atoms with Crippen molar-refractivity contribution in [1.29, 1.82) is 0 Å². The van der Waals surface area contributed by atoms with Crippen LogP contribution in [0.1, 0.15) is 6.92 Å². The molecular formula is C8H15NO4. The fourth-order valence-electron chi connectivity index (χ4n) is 1.49. The zero-order valence-corrected chi connectivity index (χ0v) is 7.80. The van der Waals surface area contributed by atoms with Crippen LogP contribution in [0.3, 0.4) is 0 Å². The fourth-order valence-corrected chi connectivity index (χ4v) is 1.49. The van der Waals surface area contributed by atoms with Crippen LogP contribution >= 0.6 is 0 Å². The van der Waals surface area contributed by atoms with E-state index in [1.807, 2.05) is 0 Å². The maximum atomic E-state index is 10.6. The maximum absolute atomic E-state index is 10.6. The van der Waals surface area contributed by atoms with Gasteiger partial charge in [0.1, 0.15) is 6.04 Å². The third-order valence-electron chi connectivity index (χ3n) is 2.47. The van der Waals surface area contributed by atoms with Gasteiger partial charge in [-0.2, -0.15) is 0 Å². The number of hydrogen-bond donors (Lipinski definition) is 2. The first-order valence-corrected chi connectivity index (χ1v) is 4.24. The van der Waals surface area contributed by atoms with Crippen molar-refractivity contribution in [3.05, 3.63) is 0 Å². The molecule has 0 aromatic rings. The van der Waals surface area contributed by atoms with Crippen LogP contribution < -0.4 is 0 Å². The van der Waals surface area contributed by atoms with Gasteiger partial charge in [0, 0.05) is 20.2 Å². The Labute approximate surface area is 76.9 Å². The van der Waals surface area contributed by atoms with Gasteiger partial charge in [0.25, 0.3) is 0 Å². The first kappa shape index (κ1) is 10.4. The van der Waals surface area contributed by atoms with Crippen molar-refractivity contribution in [2.24, 2.45) is 0 Å². The standard InChI is InChI=1S/C8H15NO4/c1-5(8(11)12)9-3-6(10)7(4-9)13-2/h5-7,10H,3-4H2,1-2H3,(H,11,12). The highest BCUT2D eigenvalue weighted by molar-refractivity contribution is 5.72. The summed E-state index contributed by atoms with van der Waals surface area (Å²) in [5, 5.41) is 18.2. The number of nitrogens with zero attached hydrogens (tertiary/aromatic N) is 1. The SMILES string of the molecule is COC1CN(C(C)C(=O)O)CC1O. The number of carboxylic acids is 1. The van der Waals surface area contributed by atoms with Crippen LogP contribution in [0.5, 0.6) is 0 Å². The highest BCUT2D eigenvalue weighted by Gasteiger charge is 2.35. The predicted molar refractivity (Wildman–Crippen MR) is 45.5 cm³/mol. The third-order valence-corrected chi connectivity index (χ3v) is 2.47. The number of aliphatic hydroxyl groups excluding tert-OH is 1. The fraction of sp³-hybridized carbons (Fsp3) is 0.875. The molecule has 1 aliphatic heterocycles. The first-order chi connectivity index (χ1) is 6.06. The van der Waals surface area contributed by atoms with Crippen LogP contribution in [-0.2, 0) is 9.53 Å². The first-order valence-electron chi connectivity index (χ1n) is 4.24. The van der Waals surface area contributed by atoms with Gasteiger partial charge >= 0.3 is 5.97 Å². The maximum Gasteiger partial charge on any atom is 0.320 e. The van der Waals surface area contributed by atoms with Crippen LogP contribution in [0.25, 0.3) is 0 Å². The van der Waals surface area contributed by atoms with Gasteiger partial charge in [0.15, 0.2) is 0 Å². The Morgan fingerprint density at radius 1 is 1.62 bits per heavy atom. The van der Waals surface area contributed by atoms with Crippen molar-refractivity contribution in [2.75, 3.05) is 20.2 Å². The molecule has 0 spiro atoms. The average molecular weight is 189 g/mol. The normalized spacial score (nSPS) is 31.9. The van der Waals surface area contributed by atoms with E-state index in [-0.39, 0.29) is 6.10 Å². The zero-order valence-electron chi connectivity index (χ0n) is 7.80. The number of β-amino-alcohol motifs (C(OH)–C–C–N with tert-alkyl or cyclic N) is 1. The lowest BCUT2D eigenvalue weighted by Crippen LogP contribution is -2.38. The van der Waals surface area contributed by atoms with Gasteiger partial charge in [-0.05, 0) is 6.92 Å². The molecule has 0 aliphatic carbocycles. The Bertz CT molecular complexity index is 197. The minimum Gasteiger partial charge on any atom is -0.480 e. The molecule has 0 bridgehead atoms. The van der Waals surface area contributed by atoms with Crippen LogP contribution in [-0.4, -0.2) is 59.5 Å². The molecule has 1 aliphatic rings. The van der Waals surface area contributed by atoms with Gasteiger partial charge in [-0.1, -0.05) is 0 Å². The minimum absolute atomic E-state index is 0.262. The molecule has 0 aromatic carbocycles. The molecule has 1 fully saturated rings. The molecule has 2 N–H and O–H groups in total. The molecular weight excluding hydrogens is 174 g/mol. The number of aliphatic carboxylic acids is 1. The van der Waals surface area contributed by atoms with Crippen LogP contribution in [0.2, 0.25) is 0 Å². The van der Waals surface area contributed by atoms with Gasteiger partial charge < -0.3 is 14.9 Å². The van der Waals surface area contributed by atoms with Crippen molar-refractivity contribution < 1.29 is 19.7 Å². The van der Waals surface area contributed by atoms with Crippen molar-refractivity contribution >= 4 is 5.97 Å². The molecule has 1 saturated heterocycles. The number of carboxylic acid groups (broad SMARTS) is 1. The second-order valence-electron chi connectivity index (χ2n) is 3.31. The van der Waals surface area contributed by atoms with E-state index in [4.69, 9.17) is 9.84 Å². The summed E-state index contributed by atoms with van der Waals surface area (Å²) in [5.74, 6) is -0.871. The number of rotatable bonds is 3. The number of ether oxygens (including phenoxy) is 1. The monoisotopic (exact) mass is 189 g/mol. The Morgan fingerprint density at radius 2 is 2.23 bits per heavy atom. The molecule has 0 radical (unpaired) electrons. The Hall–Kier alpha value is -0.650. The summed E-state index contributed by atoms with van der Waals surface area (Å²) in [6.07, 6.45) is -0.839. The highest BCUT2D eigenvalue weighted by Crippen LogP contribution is 2.15. The van der Waals surface area contributed by atoms with E-state index in [1.54, 1.807) is 11.8 Å². The summed E-state index contributed by atoms with van der Waals surface area (Å²) in [6.45, 7) is 2.45. The molecule has 3 unspecified atom stereocenters. The number of methoxy groups -OCH3 is 1. The van der Waals surface area contributed by atoms with Gasteiger partial charge in [-0.3, -0.25) is 9.69 Å². The summed E-state index contributed by atoms with van der Waals surface area (Å²) in [5.41, 5.74) is 0. The minimum atomic E-state index is -0.871. The summed E-state index contributed by atoms with van der Waals surface area (Å²) in [7, 11) is 1.52. The van der Waals surface area contributed by atoms with Crippen LogP contribution in [0.15, 0.2) is 0 Å². The Kier molecular flexibility index (Phi) is 3.24. The van der Waals surface area contributed by atoms with Gasteiger partial charge in [0.05, 0.1) is 12.2 Å².